The van der Waals surface area contributed by atoms with Gasteiger partial charge in [-0.25, -0.2) is 0 Å². The monoisotopic (exact) mass is 596 g/mol. The van der Waals surface area contributed by atoms with E-state index in [1.807, 2.05) is 6.07 Å². The van der Waals surface area contributed by atoms with Crippen LogP contribution in [0.5, 0.6) is 5.75 Å². The molecule has 0 aliphatic carbocycles. The number of benzene rings is 4. The Morgan fingerprint density at radius 1 is 0.946 bits per heavy atom. The summed E-state index contributed by atoms with van der Waals surface area (Å²) in [4.78, 5) is 43.3. The van der Waals surface area contributed by atoms with Crippen LogP contribution in [0.1, 0.15) is 31.1 Å². The van der Waals surface area contributed by atoms with Gasteiger partial charge in [0.1, 0.15) is 5.75 Å². The highest BCUT2D eigenvalue weighted by Gasteiger charge is 2.34. The molecule has 4 aromatic rings. The first-order valence-corrected chi connectivity index (χ1v) is 12.8. The Morgan fingerprint density at radius 2 is 1.68 bits per heavy atom. The summed E-state index contributed by atoms with van der Waals surface area (Å²) in [6, 6.07) is 20.5. The first-order valence-electron chi connectivity index (χ1n) is 11.3. The van der Waals surface area contributed by atoms with E-state index in [1.54, 1.807) is 60.7 Å². The van der Waals surface area contributed by atoms with Crippen LogP contribution in [0.15, 0.2) is 77.3 Å². The van der Waals surface area contributed by atoms with Gasteiger partial charge in [-0.05, 0) is 53.9 Å². The largest absolute Gasteiger partial charge is 0.495 e. The molecule has 0 bridgehead atoms. The van der Waals surface area contributed by atoms with E-state index < -0.39 is 17.7 Å². The van der Waals surface area contributed by atoms with Gasteiger partial charge >= 0.3 is 0 Å². The smallest absolute Gasteiger partial charge is 0.261 e. The number of para-hydroxylation sites is 2. The quantitative estimate of drug-likeness (QED) is 0.228. The predicted octanol–water partition coefficient (Wildman–Crippen LogP) is 6.86. The molecule has 0 unspecified atom stereocenters. The molecule has 0 saturated heterocycles. The summed E-state index contributed by atoms with van der Waals surface area (Å²) >= 11 is 15.9. The van der Waals surface area contributed by atoms with E-state index in [-0.39, 0.29) is 23.7 Å². The highest BCUT2D eigenvalue weighted by atomic mass is 79.9. The van der Waals surface area contributed by atoms with Gasteiger partial charge in [0.05, 0.1) is 23.4 Å². The van der Waals surface area contributed by atoms with Gasteiger partial charge in [0.2, 0.25) is 0 Å². The number of nitrogens with zero attached hydrogens (tertiary/aromatic N) is 2. The highest BCUT2D eigenvalue weighted by Crippen LogP contribution is 2.35. The van der Waals surface area contributed by atoms with Crippen molar-refractivity contribution in [3.63, 3.8) is 0 Å². The second-order valence-corrected chi connectivity index (χ2v) is 10.0. The molecule has 6 nitrogen and oxygen atoms in total. The molecule has 37 heavy (non-hydrogen) atoms. The van der Waals surface area contributed by atoms with Gasteiger partial charge in [-0.2, -0.15) is 0 Å². The number of hydrogen-bond acceptors (Lipinski definition) is 4. The van der Waals surface area contributed by atoms with Crippen LogP contribution in [0.4, 0.5) is 5.69 Å². The molecule has 0 spiro atoms. The van der Waals surface area contributed by atoms with E-state index in [2.05, 4.69) is 15.9 Å². The molecule has 5 rings (SSSR count). The first kappa shape index (κ1) is 25.3. The summed E-state index contributed by atoms with van der Waals surface area (Å²) in [6.45, 7) is -0.0317. The summed E-state index contributed by atoms with van der Waals surface area (Å²) in [5.74, 6) is -0.803. The number of hydrogen-bond donors (Lipinski definition) is 0. The predicted molar refractivity (Wildman–Crippen MR) is 148 cm³/mol. The summed E-state index contributed by atoms with van der Waals surface area (Å²) < 4.78 is 6.29. The molecule has 0 atom stereocenters. The molecule has 0 fully saturated rings. The lowest BCUT2D eigenvalue weighted by Gasteiger charge is -2.31. The van der Waals surface area contributed by atoms with Gasteiger partial charge in [-0.15, -0.1) is 0 Å². The molecule has 1 aliphatic rings. The van der Waals surface area contributed by atoms with Crippen molar-refractivity contribution in [2.24, 2.45) is 0 Å². The minimum absolute atomic E-state index is 0.0114. The lowest BCUT2D eigenvalue weighted by Crippen LogP contribution is -2.46. The number of imide groups is 1. The molecular weight excluding hydrogens is 579 g/mol. The maximum atomic E-state index is 13.7. The molecule has 1 aliphatic heterocycles. The van der Waals surface area contributed by atoms with E-state index >= 15 is 0 Å². The van der Waals surface area contributed by atoms with Crippen molar-refractivity contribution < 1.29 is 19.1 Å². The van der Waals surface area contributed by atoms with Gasteiger partial charge in [-0.3, -0.25) is 19.3 Å². The highest BCUT2D eigenvalue weighted by molar-refractivity contribution is 9.10. The second-order valence-electron chi connectivity index (χ2n) is 8.34. The van der Waals surface area contributed by atoms with E-state index in [0.717, 1.165) is 9.86 Å². The third-order valence-electron chi connectivity index (χ3n) is 6.27. The number of amides is 3. The molecule has 0 aromatic heterocycles. The van der Waals surface area contributed by atoms with Crippen molar-refractivity contribution in [3.05, 3.63) is 104 Å². The minimum atomic E-state index is -0.422. The van der Waals surface area contributed by atoms with Crippen LogP contribution in [0.2, 0.25) is 10.0 Å². The number of anilines is 1. The average Bonchev–Trinajstić information content (AvgIpc) is 2.90. The Morgan fingerprint density at radius 3 is 2.41 bits per heavy atom. The van der Waals surface area contributed by atoms with Gasteiger partial charge in [0.25, 0.3) is 17.7 Å². The lowest BCUT2D eigenvalue weighted by atomic mass is 9.94. The number of rotatable bonds is 6. The number of ether oxygens (including phenoxy) is 1. The third kappa shape index (κ3) is 4.48. The second kappa shape index (κ2) is 10.2. The zero-order valence-corrected chi connectivity index (χ0v) is 22.6. The number of carbonyl (C=O) groups excluding carboxylic acids is 3. The fraction of sp³-hybridized carbons (Fsp3) is 0.107. The zero-order valence-electron chi connectivity index (χ0n) is 19.5. The number of carbonyl (C=O) groups is 3. The Bertz CT molecular complexity index is 1570. The van der Waals surface area contributed by atoms with Gasteiger partial charge in [-0.1, -0.05) is 63.4 Å². The normalized spacial score (nSPS) is 12.7. The molecule has 0 N–H and O–H groups in total. The topological polar surface area (TPSA) is 66.9 Å². The van der Waals surface area contributed by atoms with E-state index in [1.165, 1.54) is 23.0 Å². The van der Waals surface area contributed by atoms with Crippen molar-refractivity contribution in [1.82, 2.24) is 4.90 Å². The SMILES string of the molecule is COc1ccccc1N(CCN1C(=O)c2cccc3c(Br)ccc(c23)C1=O)C(=O)c1ccc(Cl)cc1Cl. The molecule has 0 radical (unpaired) electrons. The zero-order chi connectivity index (χ0) is 26.3. The van der Waals surface area contributed by atoms with Gasteiger partial charge in [0.15, 0.2) is 0 Å². The van der Waals surface area contributed by atoms with Crippen LogP contribution < -0.4 is 9.64 Å². The Balaban J connectivity index is 1.52. The van der Waals surface area contributed by atoms with Crippen LogP contribution in [0.25, 0.3) is 10.8 Å². The van der Waals surface area contributed by atoms with Crippen molar-refractivity contribution >= 4 is 73.3 Å². The molecule has 0 saturated carbocycles. The summed E-state index contributed by atoms with van der Waals surface area (Å²) in [7, 11) is 1.50. The average molecular weight is 598 g/mol. The fourth-order valence-electron chi connectivity index (χ4n) is 4.51. The third-order valence-corrected chi connectivity index (χ3v) is 7.51. The van der Waals surface area contributed by atoms with Gasteiger partial charge in [0, 0.05) is 39.1 Å². The molecule has 1 heterocycles. The van der Waals surface area contributed by atoms with Crippen molar-refractivity contribution in [3.8, 4) is 5.75 Å². The van der Waals surface area contributed by atoms with Crippen molar-refractivity contribution in [2.75, 3.05) is 25.1 Å². The van der Waals surface area contributed by atoms with Gasteiger partial charge < -0.3 is 9.64 Å². The Hall–Kier alpha value is -3.39. The summed E-state index contributed by atoms with van der Waals surface area (Å²) in [6.07, 6.45) is 0. The van der Waals surface area contributed by atoms with E-state index in [4.69, 9.17) is 27.9 Å². The fourth-order valence-corrected chi connectivity index (χ4v) is 5.46. The van der Waals surface area contributed by atoms with Crippen LogP contribution in [-0.2, 0) is 0 Å². The number of halogens is 3. The molecule has 186 valence electrons. The minimum Gasteiger partial charge on any atom is -0.495 e. The van der Waals surface area contributed by atoms with Crippen molar-refractivity contribution in [1.29, 1.82) is 0 Å². The maximum Gasteiger partial charge on any atom is 0.261 e. The lowest BCUT2D eigenvalue weighted by molar-refractivity contribution is 0.0611. The summed E-state index contributed by atoms with van der Waals surface area (Å²) in [5, 5.41) is 2.00. The van der Waals surface area contributed by atoms with E-state index in [0.29, 0.717) is 33.0 Å². The van der Waals surface area contributed by atoms with Crippen LogP contribution in [0, 0.1) is 0 Å². The maximum absolute atomic E-state index is 13.7. The van der Waals surface area contributed by atoms with E-state index in [9.17, 15) is 14.4 Å². The molecule has 3 amide bonds. The Kier molecular flexibility index (Phi) is 6.94. The molecule has 9 heteroatoms. The van der Waals surface area contributed by atoms with Crippen molar-refractivity contribution in [2.45, 2.75) is 0 Å². The standard InChI is InChI=1S/C28H19BrCl2N2O4/c1-37-24-8-3-2-7-23(24)32(26(34)18-10-9-16(30)15-22(18)31)13-14-33-27(35)19-6-4-5-17-21(29)12-11-20(25(17)19)28(33)36/h2-12,15H,13-14H2,1H3. The van der Waals surface area contributed by atoms with Crippen LogP contribution >= 0.6 is 39.1 Å². The molecular formula is C28H19BrCl2N2O4. The Labute approximate surface area is 231 Å². The summed E-state index contributed by atoms with van der Waals surface area (Å²) in [5.41, 5.74) is 1.58. The number of methoxy groups -OCH3 is 1. The first-order chi connectivity index (χ1) is 17.8. The molecule has 4 aromatic carbocycles. The van der Waals surface area contributed by atoms with Crippen LogP contribution in [-0.4, -0.2) is 42.8 Å². The van der Waals surface area contributed by atoms with Crippen LogP contribution in [0.3, 0.4) is 0 Å².